The van der Waals surface area contributed by atoms with Crippen molar-refractivity contribution in [2.75, 3.05) is 11.4 Å². The van der Waals surface area contributed by atoms with Crippen LogP contribution in [-0.2, 0) is 16.0 Å². The van der Waals surface area contributed by atoms with Crippen LogP contribution in [0.1, 0.15) is 23.1 Å². The maximum atomic E-state index is 12.5. The monoisotopic (exact) mass is 386 g/mol. The van der Waals surface area contributed by atoms with Crippen molar-refractivity contribution in [1.29, 1.82) is 5.26 Å². The predicted octanol–water partition coefficient (Wildman–Crippen LogP) is 3.84. The second-order valence-electron chi connectivity index (χ2n) is 7.15. The van der Waals surface area contributed by atoms with Gasteiger partial charge in [0.25, 0.3) is 0 Å². The van der Waals surface area contributed by atoms with Crippen LogP contribution in [-0.4, -0.2) is 28.5 Å². The van der Waals surface area contributed by atoms with E-state index in [2.05, 4.69) is 29.2 Å². The SMILES string of the molecule is Cc1ccc(N2CCCc3cc(C4=C(O)/C(=C(/C#N)C(=O)O)C4=O)ccc32)cc1. The zero-order valence-electron chi connectivity index (χ0n) is 15.8. The number of anilines is 2. The number of rotatable bonds is 3. The summed E-state index contributed by atoms with van der Waals surface area (Å²) in [6, 6.07) is 15.3. The molecule has 2 aromatic rings. The van der Waals surface area contributed by atoms with Crippen molar-refractivity contribution in [1.82, 2.24) is 0 Å². The number of aryl methyl sites for hydroxylation is 2. The highest BCUT2D eigenvalue weighted by atomic mass is 16.4. The Balaban J connectivity index is 1.74. The third-order valence-electron chi connectivity index (χ3n) is 5.34. The van der Waals surface area contributed by atoms with Crippen LogP contribution < -0.4 is 4.90 Å². The molecule has 0 atom stereocenters. The highest BCUT2D eigenvalue weighted by Gasteiger charge is 2.39. The lowest BCUT2D eigenvalue weighted by molar-refractivity contribution is -0.132. The van der Waals surface area contributed by atoms with Crippen molar-refractivity contribution >= 4 is 28.7 Å². The Morgan fingerprint density at radius 3 is 2.52 bits per heavy atom. The van der Waals surface area contributed by atoms with Gasteiger partial charge < -0.3 is 15.1 Å². The van der Waals surface area contributed by atoms with Crippen molar-refractivity contribution < 1.29 is 19.8 Å². The lowest BCUT2D eigenvalue weighted by atomic mass is 9.80. The van der Waals surface area contributed by atoms with Gasteiger partial charge in [0.15, 0.2) is 5.57 Å². The van der Waals surface area contributed by atoms with Crippen molar-refractivity contribution in [2.45, 2.75) is 19.8 Å². The van der Waals surface area contributed by atoms with Crippen molar-refractivity contribution in [3.05, 3.63) is 76.1 Å². The number of fused-ring (bicyclic) bond motifs is 1. The summed E-state index contributed by atoms with van der Waals surface area (Å²) in [4.78, 5) is 25.8. The summed E-state index contributed by atoms with van der Waals surface area (Å²) in [5.74, 6) is -2.58. The molecule has 0 fully saturated rings. The Bertz CT molecular complexity index is 1150. The van der Waals surface area contributed by atoms with Crippen LogP contribution in [0.15, 0.2) is 59.4 Å². The van der Waals surface area contributed by atoms with E-state index < -0.39 is 28.7 Å². The molecule has 144 valence electrons. The van der Waals surface area contributed by atoms with E-state index in [-0.39, 0.29) is 5.57 Å². The van der Waals surface area contributed by atoms with E-state index in [4.69, 9.17) is 10.4 Å². The van der Waals surface area contributed by atoms with Gasteiger partial charge in [-0.05, 0) is 55.2 Å². The summed E-state index contributed by atoms with van der Waals surface area (Å²) in [6.45, 7) is 2.93. The summed E-state index contributed by atoms with van der Waals surface area (Å²) in [7, 11) is 0. The molecule has 0 saturated carbocycles. The van der Waals surface area contributed by atoms with Crippen molar-refractivity contribution in [2.24, 2.45) is 0 Å². The van der Waals surface area contributed by atoms with Gasteiger partial charge in [0.2, 0.25) is 5.78 Å². The van der Waals surface area contributed by atoms with Crippen LogP contribution in [0.5, 0.6) is 0 Å². The quantitative estimate of drug-likeness (QED) is 0.614. The molecule has 29 heavy (non-hydrogen) atoms. The van der Waals surface area contributed by atoms with E-state index in [1.807, 2.05) is 19.1 Å². The number of ketones is 1. The minimum Gasteiger partial charge on any atom is -0.506 e. The number of hydrogen-bond acceptors (Lipinski definition) is 5. The van der Waals surface area contributed by atoms with Gasteiger partial charge in [0.1, 0.15) is 11.8 Å². The van der Waals surface area contributed by atoms with Crippen LogP contribution in [0.3, 0.4) is 0 Å². The van der Waals surface area contributed by atoms with E-state index in [1.54, 1.807) is 6.07 Å². The van der Waals surface area contributed by atoms with Crippen LogP contribution in [0, 0.1) is 18.3 Å². The number of aliphatic hydroxyl groups excluding tert-OH is 1. The number of benzene rings is 2. The van der Waals surface area contributed by atoms with Gasteiger partial charge in [-0.25, -0.2) is 4.79 Å². The molecule has 4 rings (SSSR count). The van der Waals surface area contributed by atoms with E-state index in [0.717, 1.165) is 36.3 Å². The average Bonchev–Trinajstić information content (AvgIpc) is 2.71. The van der Waals surface area contributed by atoms with Gasteiger partial charge in [-0.2, -0.15) is 5.26 Å². The Kier molecular flexibility index (Phi) is 4.44. The zero-order valence-corrected chi connectivity index (χ0v) is 15.8. The molecule has 2 aliphatic rings. The van der Waals surface area contributed by atoms with Gasteiger partial charge in [-0.15, -0.1) is 0 Å². The molecular formula is C23H18N2O4. The summed E-state index contributed by atoms with van der Waals surface area (Å²) < 4.78 is 0. The average molecular weight is 386 g/mol. The maximum Gasteiger partial charge on any atom is 0.347 e. The number of carbonyl (C=O) groups excluding carboxylic acids is 1. The summed E-state index contributed by atoms with van der Waals surface area (Å²) in [5, 5.41) is 28.3. The molecule has 0 saturated heterocycles. The Morgan fingerprint density at radius 1 is 1.17 bits per heavy atom. The number of hydrogen-bond donors (Lipinski definition) is 2. The largest absolute Gasteiger partial charge is 0.506 e. The fraction of sp³-hybridized carbons (Fsp3) is 0.174. The number of carboxylic acids is 1. The molecular weight excluding hydrogens is 368 g/mol. The van der Waals surface area contributed by atoms with Gasteiger partial charge in [-0.1, -0.05) is 23.8 Å². The molecule has 0 aromatic heterocycles. The lowest BCUT2D eigenvalue weighted by Crippen LogP contribution is -2.26. The Morgan fingerprint density at radius 2 is 1.90 bits per heavy atom. The van der Waals surface area contributed by atoms with E-state index in [0.29, 0.717) is 5.56 Å². The first-order valence-electron chi connectivity index (χ1n) is 9.26. The summed E-state index contributed by atoms with van der Waals surface area (Å²) in [6.07, 6.45) is 1.79. The number of aliphatic carboxylic acids is 1. The maximum absolute atomic E-state index is 12.5. The Labute approximate surface area is 167 Å². The molecule has 1 aliphatic carbocycles. The molecule has 2 N–H and O–H groups in total. The number of carbonyl (C=O) groups is 2. The second kappa shape index (κ2) is 6.95. The lowest BCUT2D eigenvalue weighted by Gasteiger charge is -2.32. The molecule has 0 unspecified atom stereocenters. The molecule has 0 bridgehead atoms. The molecule has 1 aliphatic heterocycles. The number of aliphatic hydroxyl groups is 1. The number of allylic oxidation sites excluding steroid dienone is 2. The van der Waals surface area contributed by atoms with Gasteiger partial charge in [-0.3, -0.25) is 4.79 Å². The smallest absolute Gasteiger partial charge is 0.347 e. The van der Waals surface area contributed by atoms with E-state index in [9.17, 15) is 14.7 Å². The van der Waals surface area contributed by atoms with Gasteiger partial charge in [0.05, 0.1) is 11.1 Å². The van der Waals surface area contributed by atoms with E-state index >= 15 is 0 Å². The number of nitriles is 1. The highest BCUT2D eigenvalue weighted by molar-refractivity contribution is 6.40. The van der Waals surface area contributed by atoms with Gasteiger partial charge in [0, 0.05) is 17.9 Å². The van der Waals surface area contributed by atoms with Crippen molar-refractivity contribution in [3.63, 3.8) is 0 Å². The topological polar surface area (TPSA) is 102 Å². The molecule has 0 radical (unpaired) electrons. The molecule has 6 heteroatoms. The minimum atomic E-state index is -1.53. The molecule has 6 nitrogen and oxygen atoms in total. The third-order valence-corrected chi connectivity index (χ3v) is 5.34. The van der Waals surface area contributed by atoms with Crippen molar-refractivity contribution in [3.8, 4) is 6.07 Å². The van der Waals surface area contributed by atoms with E-state index in [1.165, 1.54) is 11.6 Å². The fourth-order valence-corrected chi connectivity index (χ4v) is 3.86. The van der Waals surface area contributed by atoms with Gasteiger partial charge >= 0.3 is 5.97 Å². The zero-order chi connectivity index (χ0) is 20.7. The Hall–Kier alpha value is -3.85. The first-order valence-corrected chi connectivity index (χ1v) is 9.26. The molecule has 0 amide bonds. The first kappa shape index (κ1) is 18.5. The summed E-state index contributed by atoms with van der Waals surface area (Å²) in [5.41, 5.74) is 3.82. The second-order valence-corrected chi connectivity index (χ2v) is 7.15. The normalized spacial score (nSPS) is 17.4. The van der Waals surface area contributed by atoms with Crippen LogP contribution in [0.4, 0.5) is 11.4 Å². The highest BCUT2D eigenvalue weighted by Crippen LogP contribution is 2.41. The van der Waals surface area contributed by atoms with Crippen LogP contribution in [0.2, 0.25) is 0 Å². The molecule has 2 aromatic carbocycles. The summed E-state index contributed by atoms with van der Waals surface area (Å²) >= 11 is 0. The number of Topliss-reactive ketones (excluding diaryl/α,β-unsaturated/α-hetero) is 1. The third kappa shape index (κ3) is 2.97. The van der Waals surface area contributed by atoms with Crippen LogP contribution >= 0.6 is 0 Å². The first-order chi connectivity index (χ1) is 13.9. The van der Waals surface area contributed by atoms with Crippen LogP contribution in [0.25, 0.3) is 5.57 Å². The predicted molar refractivity (Wildman–Crippen MR) is 108 cm³/mol. The number of nitrogens with zero attached hydrogens (tertiary/aromatic N) is 2. The fourth-order valence-electron chi connectivity index (χ4n) is 3.86. The standard InChI is InChI=1S/C23H18N2O4/c1-13-4-7-16(8-5-13)25-10-2-3-14-11-15(6-9-18(14)25)19-21(26)20(22(19)27)17(12-24)23(28)29/h4-9,11,26H,2-3,10H2,1H3,(H,28,29)/b20-17+. The number of carboxylic acid groups (broad SMARTS) is 1. The minimum absolute atomic E-state index is 0.0595. The molecule has 1 heterocycles. The molecule has 0 spiro atoms.